The van der Waals surface area contributed by atoms with E-state index in [1.165, 1.54) is 19.1 Å². The largest absolute Gasteiger partial charge is 0.427 e. The smallest absolute Gasteiger partial charge is 0.308 e. The van der Waals surface area contributed by atoms with Gasteiger partial charge in [0.15, 0.2) is 0 Å². The normalized spacial score (nSPS) is 8.69. The molecule has 0 saturated heterocycles. The van der Waals surface area contributed by atoms with Gasteiger partial charge in [0, 0.05) is 13.0 Å². The van der Waals surface area contributed by atoms with Crippen LogP contribution in [0.2, 0.25) is 0 Å². The average molecular weight is 177 g/mol. The highest BCUT2D eigenvalue weighted by molar-refractivity contribution is 5.69. The van der Waals surface area contributed by atoms with Gasteiger partial charge in [-0.15, -0.1) is 0 Å². The summed E-state index contributed by atoms with van der Waals surface area (Å²) in [7, 11) is 0. The number of ether oxygens (including phenoxy) is 1. The van der Waals surface area contributed by atoms with Gasteiger partial charge in [-0.3, -0.25) is 4.79 Å². The van der Waals surface area contributed by atoms with E-state index in [2.05, 4.69) is 4.99 Å². The molecule has 0 aliphatic rings. The number of benzene rings is 1. The SMILES string of the molecule is CC(=O)Oc1cccc(N=C=O)c1. The Kier molecular flexibility index (Phi) is 2.95. The highest BCUT2D eigenvalue weighted by Gasteiger charge is 1.97. The molecule has 0 unspecified atom stereocenters. The van der Waals surface area contributed by atoms with Crippen molar-refractivity contribution in [1.82, 2.24) is 0 Å². The van der Waals surface area contributed by atoms with Crippen LogP contribution in [0.15, 0.2) is 29.3 Å². The number of nitrogens with zero attached hydrogens (tertiary/aromatic N) is 1. The zero-order valence-corrected chi connectivity index (χ0v) is 6.98. The number of hydrogen-bond donors (Lipinski definition) is 0. The summed E-state index contributed by atoms with van der Waals surface area (Å²) in [4.78, 5) is 23.8. The van der Waals surface area contributed by atoms with Gasteiger partial charge in [-0.2, -0.15) is 4.99 Å². The molecule has 0 aliphatic heterocycles. The standard InChI is InChI=1S/C9H7NO3/c1-7(12)13-9-4-2-3-8(5-9)10-6-11/h2-5H,1H3. The van der Waals surface area contributed by atoms with Crippen molar-refractivity contribution in [3.63, 3.8) is 0 Å². The minimum atomic E-state index is -0.410. The van der Waals surface area contributed by atoms with Gasteiger partial charge in [0.25, 0.3) is 0 Å². The molecule has 0 N–H and O–H groups in total. The molecular formula is C9H7NO3. The van der Waals surface area contributed by atoms with Gasteiger partial charge >= 0.3 is 5.97 Å². The lowest BCUT2D eigenvalue weighted by Crippen LogP contribution is -2.00. The van der Waals surface area contributed by atoms with E-state index in [1.807, 2.05) is 0 Å². The molecule has 0 heterocycles. The molecule has 66 valence electrons. The number of esters is 1. The quantitative estimate of drug-likeness (QED) is 0.298. The number of isocyanates is 1. The summed E-state index contributed by atoms with van der Waals surface area (Å²) in [6.45, 7) is 1.30. The second-order valence-corrected chi connectivity index (χ2v) is 2.29. The summed E-state index contributed by atoms with van der Waals surface area (Å²) in [5.41, 5.74) is 0.411. The van der Waals surface area contributed by atoms with Crippen LogP contribution in [0.5, 0.6) is 5.75 Å². The second kappa shape index (κ2) is 4.18. The molecule has 4 heteroatoms. The van der Waals surface area contributed by atoms with Crippen molar-refractivity contribution in [2.75, 3.05) is 0 Å². The van der Waals surface area contributed by atoms with Crippen LogP contribution in [0.4, 0.5) is 5.69 Å². The lowest BCUT2D eigenvalue weighted by atomic mass is 10.3. The van der Waals surface area contributed by atoms with Crippen molar-refractivity contribution in [2.24, 2.45) is 4.99 Å². The lowest BCUT2D eigenvalue weighted by molar-refractivity contribution is -0.131. The van der Waals surface area contributed by atoms with E-state index in [1.54, 1.807) is 18.2 Å². The molecular weight excluding hydrogens is 170 g/mol. The van der Waals surface area contributed by atoms with Crippen LogP contribution < -0.4 is 4.74 Å². The van der Waals surface area contributed by atoms with Crippen LogP contribution >= 0.6 is 0 Å². The van der Waals surface area contributed by atoms with E-state index in [9.17, 15) is 9.59 Å². The predicted molar refractivity (Wildman–Crippen MR) is 45.5 cm³/mol. The maximum Gasteiger partial charge on any atom is 0.308 e. The monoisotopic (exact) mass is 177 g/mol. The third kappa shape index (κ3) is 2.89. The van der Waals surface area contributed by atoms with Gasteiger partial charge in [-0.25, -0.2) is 4.79 Å². The number of rotatable bonds is 2. The Bertz CT molecular complexity index is 367. The van der Waals surface area contributed by atoms with Crippen LogP contribution in [0.25, 0.3) is 0 Å². The summed E-state index contributed by atoms with van der Waals surface area (Å²) < 4.78 is 4.77. The Morgan fingerprint density at radius 1 is 1.54 bits per heavy atom. The first-order valence-corrected chi connectivity index (χ1v) is 3.59. The highest BCUT2D eigenvalue weighted by atomic mass is 16.5. The minimum Gasteiger partial charge on any atom is -0.427 e. The van der Waals surface area contributed by atoms with Crippen molar-refractivity contribution in [3.8, 4) is 5.75 Å². The molecule has 1 aromatic rings. The fourth-order valence-corrected chi connectivity index (χ4v) is 0.835. The van der Waals surface area contributed by atoms with Crippen molar-refractivity contribution in [3.05, 3.63) is 24.3 Å². The summed E-state index contributed by atoms with van der Waals surface area (Å²) in [6, 6.07) is 6.32. The van der Waals surface area contributed by atoms with E-state index in [0.717, 1.165) is 0 Å². The summed E-state index contributed by atoms with van der Waals surface area (Å²) in [5, 5.41) is 0. The Labute approximate surface area is 74.9 Å². The maximum atomic E-state index is 10.6. The fraction of sp³-hybridized carbons (Fsp3) is 0.111. The van der Waals surface area contributed by atoms with Crippen LogP contribution in [-0.2, 0) is 9.59 Å². The molecule has 4 nitrogen and oxygen atoms in total. The molecule has 0 saturated carbocycles. The Hall–Kier alpha value is -1.93. The maximum absolute atomic E-state index is 10.6. The first kappa shape index (κ1) is 9.16. The van der Waals surface area contributed by atoms with Gasteiger partial charge in [0.05, 0.1) is 5.69 Å². The molecule has 13 heavy (non-hydrogen) atoms. The van der Waals surface area contributed by atoms with E-state index >= 15 is 0 Å². The summed E-state index contributed by atoms with van der Waals surface area (Å²) in [6.07, 6.45) is 1.40. The first-order chi connectivity index (χ1) is 6.22. The van der Waals surface area contributed by atoms with Gasteiger partial charge in [0.1, 0.15) is 5.75 Å². The molecule has 1 rings (SSSR count). The van der Waals surface area contributed by atoms with Gasteiger partial charge in [-0.05, 0) is 12.1 Å². The Morgan fingerprint density at radius 3 is 2.92 bits per heavy atom. The van der Waals surface area contributed by atoms with Crippen LogP contribution in [-0.4, -0.2) is 12.0 Å². The topological polar surface area (TPSA) is 55.7 Å². The second-order valence-electron chi connectivity index (χ2n) is 2.29. The molecule has 0 atom stereocenters. The molecule has 0 amide bonds. The third-order valence-electron chi connectivity index (χ3n) is 1.25. The average Bonchev–Trinajstić information content (AvgIpc) is 2.04. The fourth-order valence-electron chi connectivity index (χ4n) is 0.835. The van der Waals surface area contributed by atoms with Crippen molar-refractivity contribution >= 4 is 17.7 Å². The number of carbonyl (C=O) groups is 1. The van der Waals surface area contributed by atoms with Crippen LogP contribution in [0, 0.1) is 0 Å². The van der Waals surface area contributed by atoms with Gasteiger partial charge < -0.3 is 4.74 Å². The first-order valence-electron chi connectivity index (χ1n) is 3.59. The Morgan fingerprint density at radius 2 is 2.31 bits per heavy atom. The van der Waals surface area contributed by atoms with E-state index in [4.69, 9.17) is 4.74 Å². The molecule has 0 fully saturated rings. The van der Waals surface area contributed by atoms with Crippen molar-refractivity contribution in [1.29, 1.82) is 0 Å². The molecule has 0 radical (unpaired) electrons. The molecule has 0 aromatic heterocycles. The van der Waals surface area contributed by atoms with Crippen molar-refractivity contribution < 1.29 is 14.3 Å². The molecule has 0 spiro atoms. The van der Waals surface area contributed by atoms with Gasteiger partial charge in [-0.1, -0.05) is 6.07 Å². The third-order valence-corrected chi connectivity index (χ3v) is 1.25. The van der Waals surface area contributed by atoms with Gasteiger partial charge in [0.2, 0.25) is 6.08 Å². The predicted octanol–water partition coefficient (Wildman–Crippen LogP) is 1.58. The van der Waals surface area contributed by atoms with E-state index in [-0.39, 0.29) is 0 Å². The molecule has 0 aliphatic carbocycles. The van der Waals surface area contributed by atoms with E-state index < -0.39 is 5.97 Å². The number of aliphatic imine (C=N–C) groups is 1. The van der Waals surface area contributed by atoms with E-state index in [0.29, 0.717) is 11.4 Å². The zero-order valence-electron chi connectivity index (χ0n) is 6.98. The van der Waals surface area contributed by atoms with Crippen molar-refractivity contribution in [2.45, 2.75) is 6.92 Å². The number of hydrogen-bond acceptors (Lipinski definition) is 4. The summed E-state index contributed by atoms with van der Waals surface area (Å²) in [5.74, 6) is -0.0452. The van der Waals surface area contributed by atoms with Crippen LogP contribution in [0.1, 0.15) is 6.92 Å². The Balaban J connectivity index is 2.91. The van der Waals surface area contributed by atoms with Crippen LogP contribution in [0.3, 0.4) is 0 Å². The lowest BCUT2D eigenvalue weighted by Gasteiger charge is -1.99. The zero-order chi connectivity index (χ0) is 9.68. The minimum absolute atomic E-state index is 0.365. The highest BCUT2D eigenvalue weighted by Crippen LogP contribution is 2.19. The molecule has 0 bridgehead atoms. The number of carbonyl (C=O) groups excluding carboxylic acids is 2. The molecule has 1 aromatic carbocycles. The summed E-state index contributed by atoms with van der Waals surface area (Å²) >= 11 is 0.